The number of carboxylic acids is 1. The number of carbonyl (C=O) groups is 1. The monoisotopic (exact) mass is 204 g/mol. The lowest BCUT2D eigenvalue weighted by Crippen LogP contribution is -1.93. The van der Waals surface area contributed by atoms with Gasteiger partial charge in [0, 0.05) is 5.88 Å². The van der Waals surface area contributed by atoms with E-state index in [1.54, 1.807) is 18.2 Å². The average Bonchev–Trinajstić information content (AvgIpc) is 2.06. The summed E-state index contributed by atoms with van der Waals surface area (Å²) in [4.78, 5) is 9.51. The van der Waals surface area contributed by atoms with Crippen molar-refractivity contribution in [1.29, 1.82) is 0 Å². The molecule has 1 aromatic rings. The Bertz CT molecular complexity index is 239. The number of rotatable bonds is 2. The first-order chi connectivity index (χ1) is 6.16. The average molecular weight is 205 g/mol. The Kier molecular flexibility index (Phi) is 6.92. The lowest BCUT2D eigenvalue weighted by Gasteiger charge is -1.78. The van der Waals surface area contributed by atoms with Crippen LogP contribution in [0, 0.1) is 5.82 Å². The van der Waals surface area contributed by atoms with Crippen LogP contribution in [0.3, 0.4) is 0 Å². The van der Waals surface area contributed by atoms with Crippen molar-refractivity contribution in [2.75, 3.05) is 5.88 Å². The van der Waals surface area contributed by atoms with Gasteiger partial charge in [0.25, 0.3) is 0 Å². The molecular formula is C9H10ClFO2. The molecule has 0 unspecified atom stereocenters. The van der Waals surface area contributed by atoms with Gasteiger partial charge in [0.1, 0.15) is 5.82 Å². The fraction of sp³-hybridized carbons (Fsp3) is 0.222. The molecule has 0 aliphatic carbocycles. The minimum absolute atomic E-state index is 0.0571. The van der Waals surface area contributed by atoms with Gasteiger partial charge in [-0.15, -0.1) is 11.6 Å². The molecule has 0 heterocycles. The SMILES string of the molecule is Fc1ccccc1.O=C(O)CCCl. The van der Waals surface area contributed by atoms with E-state index < -0.39 is 5.97 Å². The summed E-state index contributed by atoms with van der Waals surface area (Å²) in [7, 11) is 0. The molecule has 0 saturated carbocycles. The first kappa shape index (κ1) is 11.9. The maximum Gasteiger partial charge on any atom is 0.304 e. The van der Waals surface area contributed by atoms with Crippen molar-refractivity contribution in [3.05, 3.63) is 36.1 Å². The van der Waals surface area contributed by atoms with Gasteiger partial charge in [-0.2, -0.15) is 0 Å². The molecule has 1 rings (SSSR count). The topological polar surface area (TPSA) is 37.3 Å². The first-order valence-electron chi connectivity index (χ1n) is 3.65. The molecule has 0 amide bonds. The summed E-state index contributed by atoms with van der Waals surface area (Å²) < 4.78 is 11.9. The number of carboxylic acid groups (broad SMARTS) is 1. The summed E-state index contributed by atoms with van der Waals surface area (Å²) >= 11 is 5.02. The molecule has 72 valence electrons. The second-order valence-corrected chi connectivity index (χ2v) is 2.51. The highest BCUT2D eigenvalue weighted by molar-refractivity contribution is 6.18. The molecule has 0 atom stereocenters. The van der Waals surface area contributed by atoms with Crippen LogP contribution in [-0.2, 0) is 4.79 Å². The number of alkyl halides is 1. The highest BCUT2D eigenvalue weighted by Crippen LogP contribution is 1.91. The van der Waals surface area contributed by atoms with Crippen molar-refractivity contribution in [2.24, 2.45) is 0 Å². The van der Waals surface area contributed by atoms with Crippen LogP contribution >= 0.6 is 11.6 Å². The number of aliphatic carboxylic acids is 1. The number of hydrogen-bond donors (Lipinski definition) is 1. The number of hydrogen-bond acceptors (Lipinski definition) is 1. The van der Waals surface area contributed by atoms with Gasteiger partial charge in [-0.25, -0.2) is 4.39 Å². The number of benzene rings is 1. The second-order valence-electron chi connectivity index (χ2n) is 2.13. The van der Waals surface area contributed by atoms with Crippen LogP contribution in [-0.4, -0.2) is 17.0 Å². The summed E-state index contributed by atoms with van der Waals surface area (Å²) in [5, 5.41) is 7.83. The van der Waals surface area contributed by atoms with Crippen LogP contribution in [0.4, 0.5) is 4.39 Å². The Morgan fingerprint density at radius 1 is 1.38 bits per heavy atom. The molecule has 0 radical (unpaired) electrons. The first-order valence-corrected chi connectivity index (χ1v) is 4.18. The standard InChI is InChI=1S/C6H5F.C3H5ClO2/c7-6-4-2-1-3-5-6;4-2-1-3(5)6/h1-5H;1-2H2,(H,5,6). The fourth-order valence-corrected chi connectivity index (χ4v) is 0.657. The zero-order chi connectivity index (χ0) is 10.1. The largest absolute Gasteiger partial charge is 0.481 e. The van der Waals surface area contributed by atoms with Crippen LogP contribution in [0.25, 0.3) is 0 Å². The molecule has 4 heteroatoms. The van der Waals surface area contributed by atoms with Crippen LogP contribution in [0.15, 0.2) is 30.3 Å². The molecule has 0 saturated heterocycles. The Morgan fingerprint density at radius 3 is 2.08 bits per heavy atom. The second kappa shape index (κ2) is 7.55. The van der Waals surface area contributed by atoms with E-state index in [0.717, 1.165) is 0 Å². The molecule has 0 aromatic heterocycles. The third-order valence-electron chi connectivity index (χ3n) is 1.04. The van der Waals surface area contributed by atoms with E-state index in [2.05, 4.69) is 0 Å². The summed E-state index contributed by atoms with van der Waals surface area (Å²) in [5.74, 6) is -0.817. The molecule has 0 aliphatic heterocycles. The summed E-state index contributed by atoms with van der Waals surface area (Å²) in [6, 6.07) is 7.94. The van der Waals surface area contributed by atoms with Gasteiger partial charge in [0.2, 0.25) is 0 Å². The summed E-state index contributed by atoms with van der Waals surface area (Å²) in [5.41, 5.74) is 0. The Labute approximate surface area is 81.0 Å². The summed E-state index contributed by atoms with van der Waals surface area (Å²) in [6.45, 7) is 0. The van der Waals surface area contributed by atoms with Crippen molar-refractivity contribution in [2.45, 2.75) is 6.42 Å². The molecule has 1 N–H and O–H groups in total. The van der Waals surface area contributed by atoms with Gasteiger partial charge in [-0.3, -0.25) is 4.79 Å². The molecule has 0 aliphatic rings. The summed E-state index contributed by atoms with van der Waals surface area (Å²) in [6.07, 6.45) is 0.0571. The zero-order valence-electron chi connectivity index (χ0n) is 6.91. The van der Waals surface area contributed by atoms with Gasteiger partial charge in [-0.1, -0.05) is 18.2 Å². The molecule has 13 heavy (non-hydrogen) atoms. The molecular weight excluding hydrogens is 195 g/mol. The van der Waals surface area contributed by atoms with Gasteiger partial charge in [0.15, 0.2) is 0 Å². The number of halogens is 2. The van der Waals surface area contributed by atoms with Crippen molar-refractivity contribution in [1.82, 2.24) is 0 Å². The lowest BCUT2D eigenvalue weighted by molar-refractivity contribution is -0.136. The van der Waals surface area contributed by atoms with Gasteiger partial charge in [0.05, 0.1) is 6.42 Å². The quantitative estimate of drug-likeness (QED) is 0.752. The molecule has 1 aromatic carbocycles. The predicted molar refractivity (Wildman–Crippen MR) is 49.4 cm³/mol. The third-order valence-corrected chi connectivity index (χ3v) is 1.23. The fourth-order valence-electron chi connectivity index (χ4n) is 0.496. The third kappa shape index (κ3) is 8.82. The Morgan fingerprint density at radius 2 is 1.92 bits per heavy atom. The van der Waals surface area contributed by atoms with E-state index in [4.69, 9.17) is 16.7 Å². The van der Waals surface area contributed by atoms with Crippen LogP contribution in [0.5, 0.6) is 0 Å². The normalized spacial score (nSPS) is 8.46. The Balaban J connectivity index is 0.000000226. The van der Waals surface area contributed by atoms with E-state index in [-0.39, 0.29) is 18.1 Å². The van der Waals surface area contributed by atoms with Gasteiger partial charge >= 0.3 is 5.97 Å². The molecule has 0 bridgehead atoms. The van der Waals surface area contributed by atoms with Gasteiger partial charge in [-0.05, 0) is 12.1 Å². The van der Waals surface area contributed by atoms with Crippen molar-refractivity contribution in [3.63, 3.8) is 0 Å². The van der Waals surface area contributed by atoms with Gasteiger partial charge < -0.3 is 5.11 Å². The van der Waals surface area contributed by atoms with Crippen molar-refractivity contribution in [3.8, 4) is 0 Å². The van der Waals surface area contributed by atoms with Crippen molar-refractivity contribution < 1.29 is 14.3 Å². The van der Waals surface area contributed by atoms with Crippen LogP contribution < -0.4 is 0 Å². The maximum atomic E-state index is 11.9. The lowest BCUT2D eigenvalue weighted by atomic mass is 10.4. The molecule has 0 spiro atoms. The van der Waals surface area contributed by atoms with Crippen molar-refractivity contribution >= 4 is 17.6 Å². The minimum Gasteiger partial charge on any atom is -0.481 e. The smallest absolute Gasteiger partial charge is 0.304 e. The van der Waals surface area contributed by atoms with E-state index in [0.29, 0.717) is 0 Å². The van der Waals surface area contributed by atoms with E-state index in [1.807, 2.05) is 0 Å². The highest BCUT2D eigenvalue weighted by atomic mass is 35.5. The maximum absolute atomic E-state index is 11.9. The molecule has 0 fully saturated rings. The van der Waals surface area contributed by atoms with E-state index in [1.165, 1.54) is 12.1 Å². The van der Waals surface area contributed by atoms with E-state index >= 15 is 0 Å². The highest BCUT2D eigenvalue weighted by Gasteiger charge is 1.89. The molecule has 2 nitrogen and oxygen atoms in total. The zero-order valence-corrected chi connectivity index (χ0v) is 7.67. The Hall–Kier alpha value is -1.09. The predicted octanol–water partition coefficient (Wildman–Crippen LogP) is 2.53. The van der Waals surface area contributed by atoms with E-state index in [9.17, 15) is 9.18 Å². The minimum atomic E-state index is -0.843. The van der Waals surface area contributed by atoms with Crippen LogP contribution in [0.2, 0.25) is 0 Å². The van der Waals surface area contributed by atoms with Crippen LogP contribution in [0.1, 0.15) is 6.42 Å².